The molecule has 0 aliphatic carbocycles. The summed E-state index contributed by atoms with van der Waals surface area (Å²) in [5.74, 6) is 0.219. The number of anilines is 1. The summed E-state index contributed by atoms with van der Waals surface area (Å²) in [6.07, 6.45) is -0.724. The number of hydrogen-bond donors (Lipinski definition) is 1. The quantitative estimate of drug-likeness (QED) is 0.675. The smallest absolute Gasteiger partial charge is 0.274 e. The molecule has 0 aliphatic heterocycles. The van der Waals surface area contributed by atoms with Gasteiger partial charge in [-0.25, -0.2) is 0 Å². The number of nitrogens with zero attached hydrogens (tertiary/aromatic N) is 1. The van der Waals surface area contributed by atoms with Gasteiger partial charge in [0.25, 0.3) is 11.6 Å². The van der Waals surface area contributed by atoms with Crippen LogP contribution in [0.2, 0.25) is 0 Å². The van der Waals surface area contributed by atoms with Gasteiger partial charge in [0.2, 0.25) is 0 Å². The molecule has 0 fully saturated rings. The first-order valence-electron chi connectivity index (χ1n) is 7.16. The second-order valence-electron chi connectivity index (χ2n) is 5.32. The fourth-order valence-corrected chi connectivity index (χ4v) is 2.00. The van der Waals surface area contributed by atoms with Gasteiger partial charge in [-0.1, -0.05) is 23.8 Å². The predicted octanol–water partition coefficient (Wildman–Crippen LogP) is 3.62. The Bertz CT molecular complexity index is 726. The molecule has 0 aromatic heterocycles. The Kier molecular flexibility index (Phi) is 4.95. The van der Waals surface area contributed by atoms with Crippen molar-refractivity contribution in [3.05, 3.63) is 63.7 Å². The third-order valence-electron chi connectivity index (χ3n) is 3.38. The van der Waals surface area contributed by atoms with E-state index in [1.54, 1.807) is 38.1 Å². The number of carbonyl (C=O) groups is 1. The Balaban J connectivity index is 2.04. The highest BCUT2D eigenvalue weighted by molar-refractivity contribution is 5.94. The molecule has 1 atom stereocenters. The second-order valence-corrected chi connectivity index (χ2v) is 5.32. The summed E-state index contributed by atoms with van der Waals surface area (Å²) in [7, 11) is 0. The molecule has 6 heteroatoms. The van der Waals surface area contributed by atoms with Gasteiger partial charge in [0, 0.05) is 17.3 Å². The standard InChI is InChI=1S/C17H18N2O4/c1-11-4-8-15(9-5-11)23-13(3)17(20)18-14-7-6-12(2)16(10-14)19(21)22/h4-10,13H,1-3H3,(H,18,20). The lowest BCUT2D eigenvalue weighted by molar-refractivity contribution is -0.385. The van der Waals surface area contributed by atoms with Crippen molar-refractivity contribution in [2.24, 2.45) is 0 Å². The van der Waals surface area contributed by atoms with Crippen LogP contribution in [0.25, 0.3) is 0 Å². The molecule has 0 radical (unpaired) electrons. The number of hydrogen-bond acceptors (Lipinski definition) is 4. The van der Waals surface area contributed by atoms with E-state index in [2.05, 4.69) is 5.32 Å². The van der Waals surface area contributed by atoms with Crippen LogP contribution in [0, 0.1) is 24.0 Å². The largest absolute Gasteiger partial charge is 0.481 e. The molecule has 0 saturated carbocycles. The average molecular weight is 314 g/mol. The molecular weight excluding hydrogens is 296 g/mol. The van der Waals surface area contributed by atoms with Gasteiger partial charge in [-0.2, -0.15) is 0 Å². The number of nitro groups is 1. The van der Waals surface area contributed by atoms with Gasteiger partial charge in [0.05, 0.1) is 4.92 Å². The fourth-order valence-electron chi connectivity index (χ4n) is 2.00. The molecule has 120 valence electrons. The lowest BCUT2D eigenvalue weighted by Crippen LogP contribution is -2.30. The van der Waals surface area contributed by atoms with E-state index >= 15 is 0 Å². The minimum atomic E-state index is -0.724. The van der Waals surface area contributed by atoms with E-state index in [0.29, 0.717) is 17.0 Å². The van der Waals surface area contributed by atoms with Gasteiger partial charge in [-0.05, 0) is 39.0 Å². The number of ether oxygens (including phenoxy) is 1. The van der Waals surface area contributed by atoms with E-state index in [0.717, 1.165) is 5.56 Å². The number of rotatable bonds is 5. The van der Waals surface area contributed by atoms with Crippen molar-refractivity contribution >= 4 is 17.3 Å². The lowest BCUT2D eigenvalue weighted by atomic mass is 10.2. The van der Waals surface area contributed by atoms with Crippen LogP contribution in [0.4, 0.5) is 11.4 Å². The van der Waals surface area contributed by atoms with Crippen molar-refractivity contribution < 1.29 is 14.5 Å². The number of benzene rings is 2. The minimum Gasteiger partial charge on any atom is -0.481 e. The van der Waals surface area contributed by atoms with E-state index < -0.39 is 11.0 Å². The fraction of sp³-hybridized carbons (Fsp3) is 0.235. The van der Waals surface area contributed by atoms with E-state index in [1.165, 1.54) is 6.07 Å². The lowest BCUT2D eigenvalue weighted by Gasteiger charge is -2.15. The first kappa shape index (κ1) is 16.5. The molecule has 23 heavy (non-hydrogen) atoms. The van der Waals surface area contributed by atoms with E-state index in [1.807, 2.05) is 19.1 Å². The maximum Gasteiger partial charge on any atom is 0.274 e. The molecule has 2 rings (SSSR count). The van der Waals surface area contributed by atoms with E-state index in [-0.39, 0.29) is 11.6 Å². The summed E-state index contributed by atoms with van der Waals surface area (Å²) in [5.41, 5.74) is 1.97. The molecule has 0 aliphatic rings. The Morgan fingerprint density at radius 3 is 2.43 bits per heavy atom. The van der Waals surface area contributed by atoms with Crippen molar-refractivity contribution in [3.63, 3.8) is 0 Å². The molecule has 1 unspecified atom stereocenters. The zero-order valence-corrected chi connectivity index (χ0v) is 13.2. The van der Waals surface area contributed by atoms with Gasteiger partial charge in [-0.3, -0.25) is 14.9 Å². The van der Waals surface area contributed by atoms with E-state index in [9.17, 15) is 14.9 Å². The van der Waals surface area contributed by atoms with Crippen LogP contribution in [0.1, 0.15) is 18.1 Å². The van der Waals surface area contributed by atoms with Crippen molar-refractivity contribution in [2.45, 2.75) is 26.9 Å². The molecule has 2 aromatic carbocycles. The molecule has 1 N–H and O–H groups in total. The Labute approximate surface area is 134 Å². The minimum absolute atomic E-state index is 0.0325. The molecule has 0 bridgehead atoms. The molecule has 6 nitrogen and oxygen atoms in total. The second kappa shape index (κ2) is 6.91. The number of nitro benzene ring substituents is 1. The van der Waals surface area contributed by atoms with Crippen LogP contribution in [-0.2, 0) is 4.79 Å². The normalized spacial score (nSPS) is 11.6. The Morgan fingerprint density at radius 1 is 1.17 bits per heavy atom. The summed E-state index contributed by atoms with van der Waals surface area (Å²) in [6.45, 7) is 5.23. The zero-order chi connectivity index (χ0) is 17.0. The first-order valence-corrected chi connectivity index (χ1v) is 7.16. The molecule has 1 amide bonds. The predicted molar refractivity (Wildman–Crippen MR) is 87.7 cm³/mol. The SMILES string of the molecule is Cc1ccc(OC(C)C(=O)Nc2ccc(C)c([N+](=O)[O-])c2)cc1. The number of aryl methyl sites for hydroxylation is 2. The van der Waals surface area contributed by atoms with Gasteiger partial charge in [-0.15, -0.1) is 0 Å². The number of nitrogens with one attached hydrogen (secondary N) is 1. The van der Waals surface area contributed by atoms with Crippen LogP contribution in [0.3, 0.4) is 0 Å². The summed E-state index contributed by atoms with van der Waals surface area (Å²) >= 11 is 0. The van der Waals surface area contributed by atoms with Crippen LogP contribution in [0.15, 0.2) is 42.5 Å². The molecule has 0 saturated heterocycles. The monoisotopic (exact) mass is 314 g/mol. The maximum absolute atomic E-state index is 12.1. The van der Waals surface area contributed by atoms with Crippen molar-refractivity contribution in [3.8, 4) is 5.75 Å². The van der Waals surface area contributed by atoms with Crippen molar-refractivity contribution in [1.29, 1.82) is 0 Å². The van der Waals surface area contributed by atoms with Crippen molar-refractivity contribution in [2.75, 3.05) is 5.32 Å². The van der Waals surface area contributed by atoms with Gasteiger partial charge in [0.1, 0.15) is 5.75 Å². The van der Waals surface area contributed by atoms with Crippen molar-refractivity contribution in [1.82, 2.24) is 0 Å². The van der Waals surface area contributed by atoms with Crippen LogP contribution < -0.4 is 10.1 Å². The highest BCUT2D eigenvalue weighted by atomic mass is 16.6. The molecule has 0 heterocycles. The molecule has 2 aromatic rings. The van der Waals surface area contributed by atoms with Gasteiger partial charge >= 0.3 is 0 Å². The van der Waals surface area contributed by atoms with Gasteiger partial charge in [0.15, 0.2) is 6.10 Å². The third-order valence-corrected chi connectivity index (χ3v) is 3.38. The molecular formula is C17H18N2O4. The number of amides is 1. The van der Waals surface area contributed by atoms with Gasteiger partial charge < -0.3 is 10.1 Å². The molecule has 0 spiro atoms. The van der Waals surface area contributed by atoms with Crippen LogP contribution >= 0.6 is 0 Å². The third kappa shape index (κ3) is 4.29. The Hall–Kier alpha value is -2.89. The van der Waals surface area contributed by atoms with Crippen LogP contribution in [0.5, 0.6) is 5.75 Å². The first-order chi connectivity index (χ1) is 10.9. The van der Waals surface area contributed by atoms with Crippen LogP contribution in [-0.4, -0.2) is 16.9 Å². The zero-order valence-electron chi connectivity index (χ0n) is 13.2. The maximum atomic E-state index is 12.1. The summed E-state index contributed by atoms with van der Waals surface area (Å²) in [6, 6.07) is 11.9. The van der Waals surface area contributed by atoms with E-state index in [4.69, 9.17) is 4.74 Å². The highest BCUT2D eigenvalue weighted by Crippen LogP contribution is 2.22. The summed E-state index contributed by atoms with van der Waals surface area (Å²) < 4.78 is 5.56. The topological polar surface area (TPSA) is 81.5 Å². The Morgan fingerprint density at radius 2 is 1.83 bits per heavy atom. The highest BCUT2D eigenvalue weighted by Gasteiger charge is 2.17. The number of carbonyl (C=O) groups excluding carboxylic acids is 1. The summed E-state index contributed by atoms with van der Waals surface area (Å²) in [5, 5.41) is 13.6. The summed E-state index contributed by atoms with van der Waals surface area (Å²) in [4.78, 5) is 22.6. The average Bonchev–Trinajstić information content (AvgIpc) is 2.51.